The molecule has 0 heterocycles. The van der Waals surface area contributed by atoms with Gasteiger partial charge in [-0.25, -0.2) is 8.42 Å². The minimum Gasteiger partial charge on any atom is -0.366 e. The summed E-state index contributed by atoms with van der Waals surface area (Å²) in [5.74, 6) is -1.08. The molecule has 1 rings (SSSR count). The van der Waals surface area contributed by atoms with E-state index in [4.69, 9.17) is 5.73 Å². The largest absolute Gasteiger partial charge is 0.366 e. The number of primary amides is 1. The predicted molar refractivity (Wildman–Crippen MR) is 67.0 cm³/mol. The summed E-state index contributed by atoms with van der Waals surface area (Å²) in [6.07, 6.45) is 1.10. The minimum atomic E-state index is -3.10. The second kappa shape index (κ2) is 5.63. The lowest BCUT2D eigenvalue weighted by Crippen LogP contribution is -2.28. The fraction of sp³-hybridized carbons (Fsp3) is 0.273. The summed E-state index contributed by atoms with van der Waals surface area (Å²) in [5, 5.41) is 2.47. The maximum absolute atomic E-state index is 11.6. The molecule has 3 N–H and O–H groups in total. The van der Waals surface area contributed by atoms with Crippen molar-refractivity contribution < 1.29 is 18.0 Å². The Morgan fingerprint density at radius 1 is 1.17 bits per heavy atom. The number of rotatable bonds is 5. The van der Waals surface area contributed by atoms with Gasteiger partial charge in [0.2, 0.25) is 5.91 Å². The third-order valence-electron chi connectivity index (χ3n) is 2.19. The molecule has 1 aromatic carbocycles. The lowest BCUT2D eigenvalue weighted by atomic mass is 10.1. The SMILES string of the molecule is CS(=O)(=O)CCNC(=O)c1ccc(C(N)=O)cc1. The van der Waals surface area contributed by atoms with Gasteiger partial charge in [0.25, 0.3) is 5.91 Å². The van der Waals surface area contributed by atoms with E-state index in [1.54, 1.807) is 0 Å². The molecule has 7 heteroatoms. The standard InChI is InChI=1S/C11H14N2O4S/c1-18(16,17)7-6-13-11(15)9-4-2-8(3-5-9)10(12)14/h2-5H,6-7H2,1H3,(H2,12,14)(H,13,15). The number of nitrogens with two attached hydrogens (primary N) is 1. The maximum Gasteiger partial charge on any atom is 0.251 e. The second-order valence-electron chi connectivity index (χ2n) is 3.83. The molecule has 0 saturated heterocycles. The Morgan fingerprint density at radius 3 is 2.11 bits per heavy atom. The molecule has 0 aliphatic rings. The molecule has 0 aliphatic heterocycles. The van der Waals surface area contributed by atoms with E-state index >= 15 is 0 Å². The van der Waals surface area contributed by atoms with Gasteiger partial charge in [-0.15, -0.1) is 0 Å². The first kappa shape index (κ1) is 14.2. The first-order valence-corrected chi connectivity index (χ1v) is 7.21. The summed E-state index contributed by atoms with van der Waals surface area (Å²) >= 11 is 0. The molecular weight excluding hydrogens is 256 g/mol. The maximum atomic E-state index is 11.6. The summed E-state index contributed by atoms with van der Waals surface area (Å²) in [5.41, 5.74) is 5.71. The Morgan fingerprint density at radius 2 is 1.67 bits per heavy atom. The highest BCUT2D eigenvalue weighted by atomic mass is 32.2. The van der Waals surface area contributed by atoms with Crippen LogP contribution < -0.4 is 11.1 Å². The molecule has 0 radical (unpaired) electrons. The lowest BCUT2D eigenvalue weighted by Gasteiger charge is -2.04. The van der Waals surface area contributed by atoms with Gasteiger partial charge in [0.05, 0.1) is 5.75 Å². The Balaban J connectivity index is 2.59. The van der Waals surface area contributed by atoms with E-state index in [1.807, 2.05) is 0 Å². The molecule has 0 aliphatic carbocycles. The van der Waals surface area contributed by atoms with E-state index in [-0.39, 0.29) is 12.3 Å². The molecule has 2 amide bonds. The van der Waals surface area contributed by atoms with Crippen LogP contribution in [0.15, 0.2) is 24.3 Å². The molecule has 0 spiro atoms. The Kier molecular flexibility index (Phi) is 4.43. The van der Waals surface area contributed by atoms with Crippen molar-refractivity contribution in [2.75, 3.05) is 18.6 Å². The Labute approximate surface area is 105 Å². The molecule has 0 unspecified atom stereocenters. The highest BCUT2D eigenvalue weighted by Gasteiger charge is 2.08. The van der Waals surface area contributed by atoms with Crippen molar-refractivity contribution in [3.05, 3.63) is 35.4 Å². The zero-order valence-electron chi connectivity index (χ0n) is 9.84. The number of carbonyl (C=O) groups excluding carboxylic acids is 2. The van der Waals surface area contributed by atoms with Crippen LogP contribution in [-0.4, -0.2) is 38.8 Å². The first-order valence-electron chi connectivity index (χ1n) is 5.15. The summed E-state index contributed by atoms with van der Waals surface area (Å²) in [6, 6.07) is 5.79. The van der Waals surface area contributed by atoms with Gasteiger partial charge in [-0.3, -0.25) is 9.59 Å². The van der Waals surface area contributed by atoms with Crippen LogP contribution in [0.5, 0.6) is 0 Å². The van der Waals surface area contributed by atoms with E-state index in [0.717, 1.165) is 6.26 Å². The fourth-order valence-corrected chi connectivity index (χ4v) is 1.71. The van der Waals surface area contributed by atoms with Crippen LogP contribution in [-0.2, 0) is 9.84 Å². The molecule has 6 nitrogen and oxygen atoms in total. The summed E-state index contributed by atoms with van der Waals surface area (Å²) in [6.45, 7) is 0.0508. The van der Waals surface area contributed by atoms with Gasteiger partial charge in [-0.2, -0.15) is 0 Å². The van der Waals surface area contributed by atoms with E-state index in [9.17, 15) is 18.0 Å². The molecule has 18 heavy (non-hydrogen) atoms. The van der Waals surface area contributed by atoms with E-state index in [1.165, 1.54) is 24.3 Å². The minimum absolute atomic E-state index is 0.0508. The van der Waals surface area contributed by atoms with E-state index in [0.29, 0.717) is 11.1 Å². The summed E-state index contributed by atoms with van der Waals surface area (Å²) in [7, 11) is -3.10. The third kappa shape index (κ3) is 4.54. The summed E-state index contributed by atoms with van der Waals surface area (Å²) < 4.78 is 21.7. The van der Waals surface area contributed by atoms with Crippen molar-refractivity contribution in [1.82, 2.24) is 5.32 Å². The second-order valence-corrected chi connectivity index (χ2v) is 6.09. The molecule has 0 atom stereocenters. The van der Waals surface area contributed by atoms with Crippen LogP contribution in [0.2, 0.25) is 0 Å². The number of nitrogens with one attached hydrogen (secondary N) is 1. The number of benzene rings is 1. The van der Waals surface area contributed by atoms with Crippen molar-refractivity contribution in [2.45, 2.75) is 0 Å². The van der Waals surface area contributed by atoms with E-state index < -0.39 is 21.7 Å². The van der Waals surface area contributed by atoms with Gasteiger partial charge >= 0.3 is 0 Å². The first-order chi connectivity index (χ1) is 8.29. The van der Waals surface area contributed by atoms with Crippen molar-refractivity contribution in [3.63, 3.8) is 0 Å². The predicted octanol–water partition coefficient (Wildman–Crippen LogP) is -0.440. The van der Waals surface area contributed by atoms with Crippen molar-refractivity contribution >= 4 is 21.7 Å². The molecule has 0 fully saturated rings. The number of amides is 2. The van der Waals surface area contributed by atoms with Crippen molar-refractivity contribution in [3.8, 4) is 0 Å². The molecule has 0 bridgehead atoms. The molecule has 0 saturated carbocycles. The van der Waals surface area contributed by atoms with Gasteiger partial charge in [-0.1, -0.05) is 0 Å². The Hall–Kier alpha value is -1.89. The smallest absolute Gasteiger partial charge is 0.251 e. The van der Waals surface area contributed by atoms with Crippen LogP contribution in [0.25, 0.3) is 0 Å². The average molecular weight is 270 g/mol. The highest BCUT2D eigenvalue weighted by Crippen LogP contribution is 2.03. The van der Waals surface area contributed by atoms with E-state index in [2.05, 4.69) is 5.32 Å². The van der Waals surface area contributed by atoms with Crippen LogP contribution in [0.1, 0.15) is 20.7 Å². The zero-order chi connectivity index (χ0) is 13.8. The van der Waals surface area contributed by atoms with Gasteiger partial charge in [0.1, 0.15) is 9.84 Å². The van der Waals surface area contributed by atoms with Gasteiger partial charge < -0.3 is 11.1 Å². The number of carbonyl (C=O) groups is 2. The van der Waals surface area contributed by atoms with Crippen molar-refractivity contribution in [2.24, 2.45) is 5.73 Å². The quantitative estimate of drug-likeness (QED) is 0.756. The van der Waals surface area contributed by atoms with Gasteiger partial charge in [0, 0.05) is 23.9 Å². The normalized spacial score (nSPS) is 10.9. The van der Waals surface area contributed by atoms with Crippen LogP contribution >= 0.6 is 0 Å². The number of hydrogen-bond acceptors (Lipinski definition) is 4. The monoisotopic (exact) mass is 270 g/mol. The fourth-order valence-electron chi connectivity index (χ4n) is 1.24. The topological polar surface area (TPSA) is 106 Å². The van der Waals surface area contributed by atoms with Gasteiger partial charge in [0.15, 0.2) is 0 Å². The van der Waals surface area contributed by atoms with Crippen LogP contribution in [0.4, 0.5) is 0 Å². The average Bonchev–Trinajstić information content (AvgIpc) is 2.27. The third-order valence-corrected chi connectivity index (χ3v) is 3.14. The molecular formula is C11H14N2O4S. The zero-order valence-corrected chi connectivity index (χ0v) is 10.7. The lowest BCUT2D eigenvalue weighted by molar-refractivity contribution is 0.0953. The number of hydrogen-bond donors (Lipinski definition) is 2. The van der Waals surface area contributed by atoms with Crippen LogP contribution in [0.3, 0.4) is 0 Å². The molecule has 0 aromatic heterocycles. The highest BCUT2D eigenvalue weighted by molar-refractivity contribution is 7.90. The summed E-state index contributed by atoms with van der Waals surface area (Å²) in [4.78, 5) is 22.4. The Bertz CT molecular complexity index is 549. The van der Waals surface area contributed by atoms with Gasteiger partial charge in [-0.05, 0) is 24.3 Å². The number of sulfone groups is 1. The van der Waals surface area contributed by atoms with Crippen molar-refractivity contribution in [1.29, 1.82) is 0 Å². The molecule has 98 valence electrons. The van der Waals surface area contributed by atoms with Crippen LogP contribution in [0, 0.1) is 0 Å². The molecule has 1 aromatic rings.